The van der Waals surface area contributed by atoms with E-state index in [-0.39, 0.29) is 63.8 Å². The summed E-state index contributed by atoms with van der Waals surface area (Å²) >= 11 is 5.75. The number of hydrogen-bond acceptors (Lipinski definition) is 8. The molecule has 14 heteroatoms. The molecule has 0 aliphatic carbocycles. The molecule has 0 bridgehead atoms. The largest absolute Gasteiger partial charge is 0.473 e. The molecule has 2 aromatic carbocycles. The Bertz CT molecular complexity index is 1780. The summed E-state index contributed by atoms with van der Waals surface area (Å²) in [7, 11) is 0. The molecule has 6 rings (SSSR count). The number of H-pyrrole nitrogens is 2. The van der Waals surface area contributed by atoms with Crippen LogP contribution in [0.3, 0.4) is 0 Å². The van der Waals surface area contributed by atoms with Crippen LogP contribution in [0.1, 0.15) is 37.2 Å². The third-order valence-electron chi connectivity index (χ3n) is 6.48. The summed E-state index contributed by atoms with van der Waals surface area (Å²) in [4.78, 5) is 21.7. The van der Waals surface area contributed by atoms with Gasteiger partial charge in [-0.1, -0.05) is 42.7 Å². The van der Waals surface area contributed by atoms with Crippen LogP contribution in [-0.4, -0.2) is 43.5 Å². The zero-order chi connectivity index (χ0) is 30.6. The van der Waals surface area contributed by atoms with Crippen molar-refractivity contribution in [2.24, 2.45) is 5.41 Å². The van der Waals surface area contributed by atoms with Gasteiger partial charge in [0.2, 0.25) is 17.5 Å². The van der Waals surface area contributed by atoms with Crippen molar-refractivity contribution in [3.05, 3.63) is 98.5 Å². The number of benzene rings is 2. The second-order valence-corrected chi connectivity index (χ2v) is 10.9. The van der Waals surface area contributed by atoms with Gasteiger partial charge >= 0.3 is 5.76 Å². The molecule has 0 saturated carbocycles. The fourth-order valence-corrected chi connectivity index (χ4v) is 4.27. The first-order valence-corrected chi connectivity index (χ1v) is 13.5. The van der Waals surface area contributed by atoms with Crippen molar-refractivity contribution in [1.29, 1.82) is 0 Å². The van der Waals surface area contributed by atoms with Crippen LogP contribution in [0.15, 0.2) is 57.8 Å². The SMILES string of the molecule is CC1(C)CCOC1.O=c1[nH]c(-c2n[nH]c(Cc3cc(F)c(-c4cccc(OCc5ccc(Cl)cc5F)n4)cc3F)n2)no1. The van der Waals surface area contributed by atoms with E-state index in [4.69, 9.17) is 21.1 Å². The molecule has 1 fully saturated rings. The number of nitrogens with zero attached hydrogens (tertiary/aromatic N) is 4. The van der Waals surface area contributed by atoms with Crippen LogP contribution in [-0.2, 0) is 17.8 Å². The lowest BCUT2D eigenvalue weighted by atomic mass is 9.94. The van der Waals surface area contributed by atoms with Gasteiger partial charge in [-0.15, -0.1) is 5.10 Å². The van der Waals surface area contributed by atoms with Gasteiger partial charge in [0, 0.05) is 35.2 Å². The Morgan fingerprint density at radius 3 is 2.51 bits per heavy atom. The van der Waals surface area contributed by atoms with Gasteiger partial charge in [0.1, 0.15) is 29.9 Å². The van der Waals surface area contributed by atoms with Crippen LogP contribution in [0.25, 0.3) is 22.9 Å². The molecule has 0 amide bonds. The maximum absolute atomic E-state index is 14.9. The number of aromatic amines is 2. The minimum absolute atomic E-state index is 0.00326. The minimum Gasteiger partial charge on any atom is -0.473 e. The van der Waals surface area contributed by atoms with Gasteiger partial charge in [0.15, 0.2) is 0 Å². The summed E-state index contributed by atoms with van der Waals surface area (Å²) in [6.45, 7) is 6.26. The van der Waals surface area contributed by atoms with Gasteiger partial charge < -0.3 is 9.47 Å². The Kier molecular flexibility index (Phi) is 8.92. The number of nitrogens with one attached hydrogen (secondary N) is 2. The van der Waals surface area contributed by atoms with Gasteiger partial charge in [-0.25, -0.2) is 27.9 Å². The number of hydrogen-bond donors (Lipinski definition) is 2. The van der Waals surface area contributed by atoms with E-state index in [1.165, 1.54) is 36.8 Å². The van der Waals surface area contributed by atoms with Gasteiger partial charge in [-0.05, 0) is 47.7 Å². The maximum Gasteiger partial charge on any atom is 0.439 e. The quantitative estimate of drug-likeness (QED) is 0.232. The Balaban J connectivity index is 0.000000463. The zero-order valence-corrected chi connectivity index (χ0v) is 23.8. The van der Waals surface area contributed by atoms with Gasteiger partial charge in [-0.3, -0.25) is 14.6 Å². The first kappa shape index (κ1) is 30.0. The van der Waals surface area contributed by atoms with Crippen LogP contribution in [0.4, 0.5) is 13.2 Å². The van der Waals surface area contributed by atoms with E-state index in [0.29, 0.717) is 5.41 Å². The highest BCUT2D eigenvalue weighted by molar-refractivity contribution is 6.30. The molecular weight excluding hydrogens is 589 g/mol. The van der Waals surface area contributed by atoms with Crippen LogP contribution >= 0.6 is 11.6 Å². The highest BCUT2D eigenvalue weighted by atomic mass is 35.5. The summed E-state index contributed by atoms with van der Waals surface area (Å²) in [5.41, 5.74) is 0.790. The molecular formula is C29H26ClF3N6O4. The van der Waals surface area contributed by atoms with Crippen molar-refractivity contribution in [2.45, 2.75) is 33.3 Å². The van der Waals surface area contributed by atoms with Crippen LogP contribution in [0, 0.1) is 22.9 Å². The summed E-state index contributed by atoms with van der Waals surface area (Å²) in [5.74, 6) is -2.38. The van der Waals surface area contributed by atoms with Crippen molar-refractivity contribution < 1.29 is 27.2 Å². The molecule has 5 aromatic rings. The standard InChI is InChI=1S/C23H14ClF3N6O3.C6H12O/c24-13-5-4-11(15(25)8-13)10-35-20-3-1-2-18(28-20)14-9-16(26)12(6-17(14)27)7-19-29-21(32-31-19)22-30-23(34)36-33-22;1-6(2)3-4-7-5-6/h1-6,8-9H,7,10H2,(H,29,31,32)(H,30,33,34);3-5H2,1-2H3. The molecule has 1 saturated heterocycles. The second kappa shape index (κ2) is 12.8. The molecule has 3 aromatic heterocycles. The van der Waals surface area contributed by atoms with Crippen molar-refractivity contribution in [2.75, 3.05) is 13.2 Å². The van der Waals surface area contributed by atoms with Gasteiger partial charge in [-0.2, -0.15) is 0 Å². The number of ether oxygens (including phenoxy) is 2. The fourth-order valence-electron chi connectivity index (χ4n) is 4.11. The highest BCUT2D eigenvalue weighted by Crippen LogP contribution is 2.28. The van der Waals surface area contributed by atoms with E-state index >= 15 is 0 Å². The lowest BCUT2D eigenvalue weighted by molar-refractivity contribution is 0.167. The van der Waals surface area contributed by atoms with Crippen LogP contribution < -0.4 is 10.5 Å². The van der Waals surface area contributed by atoms with Crippen molar-refractivity contribution in [1.82, 2.24) is 30.3 Å². The smallest absolute Gasteiger partial charge is 0.439 e. The molecule has 0 spiro atoms. The second-order valence-electron chi connectivity index (χ2n) is 10.5. The molecule has 10 nitrogen and oxygen atoms in total. The minimum atomic E-state index is -0.778. The third kappa shape index (κ3) is 7.67. The summed E-state index contributed by atoms with van der Waals surface area (Å²) < 4.78 is 58.9. The predicted octanol–water partition coefficient (Wildman–Crippen LogP) is 5.88. The predicted molar refractivity (Wildman–Crippen MR) is 150 cm³/mol. The third-order valence-corrected chi connectivity index (χ3v) is 6.72. The fraction of sp³-hybridized carbons (Fsp3) is 0.276. The molecule has 0 atom stereocenters. The number of pyridine rings is 1. The normalized spacial score (nSPS) is 13.9. The van der Waals surface area contributed by atoms with E-state index in [2.05, 4.69) is 48.7 Å². The molecule has 1 aliphatic rings. The molecule has 0 radical (unpaired) electrons. The monoisotopic (exact) mass is 614 g/mol. The average molecular weight is 615 g/mol. The van der Waals surface area contributed by atoms with E-state index in [0.717, 1.165) is 25.3 Å². The first-order valence-electron chi connectivity index (χ1n) is 13.1. The number of aromatic nitrogens is 6. The first-order chi connectivity index (χ1) is 20.6. The van der Waals surface area contributed by atoms with Crippen molar-refractivity contribution in [3.8, 4) is 28.8 Å². The summed E-state index contributed by atoms with van der Waals surface area (Å²) in [6, 6.07) is 10.8. The Hall–Kier alpha value is -4.49. The lowest BCUT2D eigenvalue weighted by Gasteiger charge is -2.11. The topological polar surface area (TPSA) is 132 Å². The van der Waals surface area contributed by atoms with Crippen molar-refractivity contribution in [3.63, 3.8) is 0 Å². The molecule has 224 valence electrons. The Labute approximate surface area is 248 Å². The summed E-state index contributed by atoms with van der Waals surface area (Å²) in [6.07, 6.45) is 1.12. The van der Waals surface area contributed by atoms with Crippen LogP contribution in [0.5, 0.6) is 5.88 Å². The lowest BCUT2D eigenvalue weighted by Crippen LogP contribution is -2.08. The van der Waals surface area contributed by atoms with E-state index in [1.807, 2.05) is 0 Å². The number of halogens is 4. The molecule has 2 N–H and O–H groups in total. The molecule has 1 aliphatic heterocycles. The Morgan fingerprint density at radius 1 is 1.02 bits per heavy atom. The van der Waals surface area contributed by atoms with E-state index < -0.39 is 23.2 Å². The maximum atomic E-state index is 14.9. The highest BCUT2D eigenvalue weighted by Gasteiger charge is 2.23. The van der Waals surface area contributed by atoms with Crippen molar-refractivity contribution >= 4 is 11.6 Å². The Morgan fingerprint density at radius 2 is 1.84 bits per heavy atom. The van der Waals surface area contributed by atoms with E-state index in [9.17, 15) is 18.0 Å². The van der Waals surface area contributed by atoms with Crippen LogP contribution in [0.2, 0.25) is 5.02 Å². The zero-order valence-electron chi connectivity index (χ0n) is 23.1. The van der Waals surface area contributed by atoms with Gasteiger partial charge in [0.05, 0.1) is 12.3 Å². The molecule has 4 heterocycles. The molecule has 43 heavy (non-hydrogen) atoms. The van der Waals surface area contributed by atoms with Gasteiger partial charge in [0.25, 0.3) is 0 Å². The summed E-state index contributed by atoms with van der Waals surface area (Å²) in [5, 5.41) is 10.2. The molecule has 0 unspecified atom stereocenters. The van der Waals surface area contributed by atoms with E-state index in [1.54, 1.807) is 6.07 Å². The average Bonchev–Trinajstić information content (AvgIpc) is 3.72. The number of rotatable bonds is 7.